The zero-order chi connectivity index (χ0) is 15.8. The van der Waals surface area contributed by atoms with Crippen LogP contribution in [0.5, 0.6) is 0 Å². The number of fused-ring (bicyclic) bond motifs is 1. The van der Waals surface area contributed by atoms with E-state index in [4.69, 9.17) is 4.98 Å². The fraction of sp³-hybridized carbons (Fsp3) is 0.588. The van der Waals surface area contributed by atoms with Crippen LogP contribution in [0.25, 0.3) is 11.2 Å². The van der Waals surface area contributed by atoms with Gasteiger partial charge in [-0.15, -0.1) is 0 Å². The summed E-state index contributed by atoms with van der Waals surface area (Å²) in [6, 6.07) is 3.91. The molecule has 2 fully saturated rings. The number of hydrogen-bond acceptors (Lipinski definition) is 4. The van der Waals surface area contributed by atoms with Crippen molar-refractivity contribution in [2.45, 2.75) is 25.7 Å². The van der Waals surface area contributed by atoms with Crippen molar-refractivity contribution in [3.63, 3.8) is 0 Å². The molecule has 3 heterocycles. The van der Waals surface area contributed by atoms with Crippen molar-refractivity contribution in [2.75, 3.05) is 31.1 Å². The van der Waals surface area contributed by atoms with Crippen LogP contribution in [0.3, 0.4) is 0 Å². The van der Waals surface area contributed by atoms with Crippen LogP contribution in [-0.4, -0.2) is 51.5 Å². The molecule has 0 unspecified atom stereocenters. The number of amides is 1. The SMILES string of the molecule is Cn1c(N2CCCN(C(=O)C3CCC3)CC2)nc2cccnc21. The average molecular weight is 313 g/mol. The van der Waals surface area contributed by atoms with Crippen LogP contribution >= 0.6 is 0 Å². The molecule has 1 aliphatic heterocycles. The van der Waals surface area contributed by atoms with Gasteiger partial charge in [0.2, 0.25) is 11.9 Å². The number of carbonyl (C=O) groups excluding carboxylic acids is 1. The van der Waals surface area contributed by atoms with Gasteiger partial charge in [-0.3, -0.25) is 9.36 Å². The zero-order valence-corrected chi connectivity index (χ0v) is 13.6. The summed E-state index contributed by atoms with van der Waals surface area (Å²) in [5.41, 5.74) is 1.84. The van der Waals surface area contributed by atoms with Gasteiger partial charge in [0.15, 0.2) is 5.65 Å². The van der Waals surface area contributed by atoms with Gasteiger partial charge in [-0.2, -0.15) is 0 Å². The molecule has 1 aliphatic carbocycles. The first kappa shape index (κ1) is 14.5. The Morgan fingerprint density at radius 3 is 2.78 bits per heavy atom. The molecule has 0 bridgehead atoms. The van der Waals surface area contributed by atoms with E-state index in [0.29, 0.717) is 11.8 Å². The molecule has 1 amide bonds. The summed E-state index contributed by atoms with van der Waals surface area (Å²) in [6.07, 6.45) is 6.17. The van der Waals surface area contributed by atoms with Crippen LogP contribution < -0.4 is 4.90 Å². The van der Waals surface area contributed by atoms with E-state index < -0.39 is 0 Å². The molecular formula is C17H23N5O. The third-order valence-electron chi connectivity index (χ3n) is 5.15. The first-order valence-electron chi connectivity index (χ1n) is 8.55. The topological polar surface area (TPSA) is 54.3 Å². The molecule has 23 heavy (non-hydrogen) atoms. The maximum atomic E-state index is 12.5. The molecule has 0 spiro atoms. The number of nitrogens with zero attached hydrogens (tertiary/aromatic N) is 5. The summed E-state index contributed by atoms with van der Waals surface area (Å²) in [5.74, 6) is 1.61. The summed E-state index contributed by atoms with van der Waals surface area (Å²) >= 11 is 0. The van der Waals surface area contributed by atoms with Crippen LogP contribution in [0.15, 0.2) is 18.3 Å². The first-order chi connectivity index (χ1) is 11.2. The Hall–Kier alpha value is -2.11. The molecule has 2 aromatic rings. The van der Waals surface area contributed by atoms with Gasteiger partial charge in [0.1, 0.15) is 5.52 Å². The molecule has 6 heteroatoms. The Bertz CT molecular complexity index is 721. The van der Waals surface area contributed by atoms with Gasteiger partial charge in [0.25, 0.3) is 0 Å². The molecule has 0 atom stereocenters. The van der Waals surface area contributed by atoms with Gasteiger partial charge < -0.3 is 9.80 Å². The lowest BCUT2D eigenvalue weighted by molar-refractivity contribution is -0.137. The van der Waals surface area contributed by atoms with Crippen LogP contribution in [0.1, 0.15) is 25.7 Å². The molecule has 4 rings (SSSR count). The molecule has 0 radical (unpaired) electrons. The average Bonchev–Trinajstić information content (AvgIpc) is 2.70. The monoisotopic (exact) mass is 313 g/mol. The number of aryl methyl sites for hydroxylation is 1. The minimum absolute atomic E-state index is 0.293. The van der Waals surface area contributed by atoms with E-state index in [9.17, 15) is 4.79 Å². The highest BCUT2D eigenvalue weighted by molar-refractivity contribution is 5.79. The van der Waals surface area contributed by atoms with Crippen LogP contribution in [0, 0.1) is 5.92 Å². The number of imidazole rings is 1. The highest BCUT2D eigenvalue weighted by Gasteiger charge is 2.30. The third kappa shape index (κ3) is 2.56. The number of aromatic nitrogens is 3. The van der Waals surface area contributed by atoms with Crippen molar-refractivity contribution in [3.05, 3.63) is 18.3 Å². The fourth-order valence-electron chi connectivity index (χ4n) is 3.55. The Morgan fingerprint density at radius 2 is 2.04 bits per heavy atom. The second-order valence-electron chi connectivity index (χ2n) is 6.61. The van der Waals surface area contributed by atoms with Gasteiger partial charge in [0, 0.05) is 45.3 Å². The van der Waals surface area contributed by atoms with E-state index in [1.54, 1.807) is 6.20 Å². The fourth-order valence-corrected chi connectivity index (χ4v) is 3.55. The number of carbonyl (C=O) groups is 1. The van der Waals surface area contributed by atoms with Crippen molar-refractivity contribution in [1.82, 2.24) is 19.4 Å². The largest absolute Gasteiger partial charge is 0.341 e. The highest BCUT2D eigenvalue weighted by Crippen LogP contribution is 2.29. The lowest BCUT2D eigenvalue weighted by Gasteiger charge is -2.31. The summed E-state index contributed by atoms with van der Waals surface area (Å²) in [4.78, 5) is 26.0. The van der Waals surface area contributed by atoms with E-state index >= 15 is 0 Å². The van der Waals surface area contributed by atoms with Crippen LogP contribution in [0.2, 0.25) is 0 Å². The summed E-state index contributed by atoms with van der Waals surface area (Å²) in [6.45, 7) is 3.45. The molecule has 6 nitrogen and oxygen atoms in total. The number of anilines is 1. The second kappa shape index (κ2) is 5.83. The minimum Gasteiger partial charge on any atom is -0.341 e. The van der Waals surface area contributed by atoms with Crippen molar-refractivity contribution in [1.29, 1.82) is 0 Å². The minimum atomic E-state index is 0.293. The summed E-state index contributed by atoms with van der Waals surface area (Å²) in [5, 5.41) is 0. The Kier molecular flexibility index (Phi) is 3.67. The van der Waals surface area contributed by atoms with Crippen LogP contribution in [-0.2, 0) is 11.8 Å². The van der Waals surface area contributed by atoms with Crippen LogP contribution in [0.4, 0.5) is 5.95 Å². The van der Waals surface area contributed by atoms with E-state index in [2.05, 4.69) is 19.4 Å². The standard InChI is InChI=1S/C17H23N5O/c1-20-15-14(7-3-8-18-15)19-17(20)22-10-4-9-21(11-12-22)16(23)13-5-2-6-13/h3,7-8,13H,2,4-6,9-12H2,1H3. The second-order valence-corrected chi connectivity index (χ2v) is 6.61. The lowest BCUT2D eigenvalue weighted by atomic mass is 9.84. The van der Waals surface area contributed by atoms with Crippen molar-refractivity contribution < 1.29 is 4.79 Å². The Labute approximate surface area is 136 Å². The van der Waals surface area contributed by atoms with Crippen molar-refractivity contribution >= 4 is 23.0 Å². The molecule has 1 saturated heterocycles. The molecule has 0 aromatic carbocycles. The van der Waals surface area contributed by atoms with Gasteiger partial charge >= 0.3 is 0 Å². The molecule has 2 aliphatic rings. The molecule has 1 saturated carbocycles. The number of rotatable bonds is 2. The van der Waals surface area contributed by atoms with Gasteiger partial charge in [-0.1, -0.05) is 6.42 Å². The van der Waals surface area contributed by atoms with E-state index in [0.717, 1.165) is 62.6 Å². The van der Waals surface area contributed by atoms with E-state index in [1.807, 2.05) is 19.2 Å². The van der Waals surface area contributed by atoms with Gasteiger partial charge in [-0.05, 0) is 31.4 Å². The van der Waals surface area contributed by atoms with Crippen molar-refractivity contribution in [3.8, 4) is 0 Å². The molecule has 0 N–H and O–H groups in total. The first-order valence-corrected chi connectivity index (χ1v) is 8.55. The smallest absolute Gasteiger partial charge is 0.225 e. The van der Waals surface area contributed by atoms with E-state index in [-0.39, 0.29) is 0 Å². The third-order valence-corrected chi connectivity index (χ3v) is 5.15. The quantitative estimate of drug-likeness (QED) is 0.848. The summed E-state index contributed by atoms with van der Waals surface area (Å²) in [7, 11) is 2.01. The summed E-state index contributed by atoms with van der Waals surface area (Å²) < 4.78 is 2.05. The highest BCUT2D eigenvalue weighted by atomic mass is 16.2. The van der Waals surface area contributed by atoms with Crippen molar-refractivity contribution in [2.24, 2.45) is 13.0 Å². The predicted molar refractivity (Wildman–Crippen MR) is 89.3 cm³/mol. The zero-order valence-electron chi connectivity index (χ0n) is 13.6. The maximum absolute atomic E-state index is 12.5. The van der Waals surface area contributed by atoms with Gasteiger partial charge in [-0.25, -0.2) is 9.97 Å². The maximum Gasteiger partial charge on any atom is 0.225 e. The number of hydrogen-bond donors (Lipinski definition) is 0. The normalized spacial score (nSPS) is 19.7. The predicted octanol–water partition coefficient (Wildman–Crippen LogP) is 1.81. The van der Waals surface area contributed by atoms with E-state index in [1.165, 1.54) is 6.42 Å². The number of pyridine rings is 1. The molecule has 122 valence electrons. The molecular weight excluding hydrogens is 290 g/mol. The lowest BCUT2D eigenvalue weighted by Crippen LogP contribution is -2.41. The Balaban J connectivity index is 1.51. The Morgan fingerprint density at radius 1 is 1.17 bits per heavy atom. The van der Waals surface area contributed by atoms with Gasteiger partial charge in [0.05, 0.1) is 0 Å². The molecule has 2 aromatic heterocycles.